The van der Waals surface area contributed by atoms with Crippen molar-refractivity contribution < 1.29 is 19.1 Å². The van der Waals surface area contributed by atoms with Crippen LogP contribution in [0.1, 0.15) is 24.5 Å². The minimum Gasteiger partial charge on any atom is -0.497 e. The molecule has 2 amide bonds. The number of nitrogens with zero attached hydrogens (tertiary/aromatic N) is 2. The fourth-order valence-corrected chi connectivity index (χ4v) is 4.55. The van der Waals surface area contributed by atoms with Gasteiger partial charge in [0, 0.05) is 29.3 Å². The third-order valence-corrected chi connectivity index (χ3v) is 6.23. The van der Waals surface area contributed by atoms with E-state index in [0.717, 1.165) is 53.2 Å². The Labute approximate surface area is 191 Å². The minimum atomic E-state index is -0.400. The number of hydrogen-bond acceptors (Lipinski definition) is 5. The first-order valence-electron chi connectivity index (χ1n) is 11.1. The van der Waals surface area contributed by atoms with Crippen LogP contribution < -0.4 is 15.0 Å². The summed E-state index contributed by atoms with van der Waals surface area (Å²) in [6, 6.07) is 14.0. The zero-order valence-electron chi connectivity index (χ0n) is 18.7. The summed E-state index contributed by atoms with van der Waals surface area (Å²) in [6.07, 6.45) is 2.12. The van der Waals surface area contributed by atoms with E-state index in [1.807, 2.05) is 36.4 Å². The average molecular weight is 447 g/mol. The van der Waals surface area contributed by atoms with E-state index in [-0.39, 0.29) is 12.0 Å². The van der Waals surface area contributed by atoms with Gasteiger partial charge < -0.3 is 14.8 Å². The fourth-order valence-electron chi connectivity index (χ4n) is 4.55. The molecule has 0 spiro atoms. The highest BCUT2D eigenvalue weighted by atomic mass is 16.6. The van der Waals surface area contributed by atoms with E-state index >= 15 is 0 Å². The molecule has 0 saturated carbocycles. The predicted octanol–water partition coefficient (Wildman–Crippen LogP) is 3.70. The summed E-state index contributed by atoms with van der Waals surface area (Å²) in [6.45, 7) is 2.15. The van der Waals surface area contributed by atoms with Crippen LogP contribution in [-0.4, -0.2) is 48.5 Å². The molecule has 1 aromatic heterocycles. The van der Waals surface area contributed by atoms with Crippen LogP contribution in [0.2, 0.25) is 0 Å². The van der Waals surface area contributed by atoms with Crippen molar-refractivity contribution in [2.24, 2.45) is 0 Å². The number of rotatable bonds is 5. The summed E-state index contributed by atoms with van der Waals surface area (Å²) in [7, 11) is 1.66. The van der Waals surface area contributed by atoms with E-state index in [4.69, 9.17) is 9.47 Å². The van der Waals surface area contributed by atoms with Crippen LogP contribution in [0.3, 0.4) is 0 Å². The number of aryl methyl sites for hydroxylation is 1. The molecule has 1 unspecified atom stereocenters. The van der Waals surface area contributed by atoms with E-state index in [2.05, 4.69) is 21.6 Å². The van der Waals surface area contributed by atoms with Gasteiger partial charge in [-0.1, -0.05) is 6.07 Å². The molecule has 8 heteroatoms. The molecule has 8 nitrogen and oxygen atoms in total. The number of carbonyl (C=O) groups is 2. The SMILES string of the molecule is COc1ccc(-c2n[nH]c3c2CCCc2ccc(N4CC(CNC(C)=O)OC4=O)cc2-3)cc1. The number of fused-ring (bicyclic) bond motifs is 3. The van der Waals surface area contributed by atoms with Gasteiger partial charge in [-0.05, 0) is 61.2 Å². The summed E-state index contributed by atoms with van der Waals surface area (Å²) in [5.74, 6) is 0.665. The van der Waals surface area contributed by atoms with Gasteiger partial charge in [0.1, 0.15) is 11.9 Å². The molecule has 0 radical (unpaired) electrons. The van der Waals surface area contributed by atoms with Gasteiger partial charge in [0.05, 0.1) is 31.6 Å². The third-order valence-electron chi connectivity index (χ3n) is 6.23. The van der Waals surface area contributed by atoms with Crippen LogP contribution in [0.15, 0.2) is 42.5 Å². The molecular weight excluding hydrogens is 420 g/mol. The molecular formula is C25H26N4O4. The number of cyclic esters (lactones) is 1. The monoisotopic (exact) mass is 446 g/mol. The lowest BCUT2D eigenvalue weighted by atomic mass is 9.99. The Morgan fingerprint density at radius 1 is 1.24 bits per heavy atom. The summed E-state index contributed by atoms with van der Waals surface area (Å²) >= 11 is 0. The lowest BCUT2D eigenvalue weighted by Gasteiger charge is -2.16. The highest BCUT2D eigenvalue weighted by molar-refractivity contribution is 5.91. The van der Waals surface area contributed by atoms with Crippen LogP contribution in [-0.2, 0) is 22.4 Å². The molecule has 2 N–H and O–H groups in total. The third kappa shape index (κ3) is 4.04. The number of hydrogen-bond donors (Lipinski definition) is 2. The van der Waals surface area contributed by atoms with E-state index in [9.17, 15) is 9.59 Å². The number of benzene rings is 2. The first-order valence-corrected chi connectivity index (χ1v) is 11.1. The summed E-state index contributed by atoms with van der Waals surface area (Å²) in [5, 5.41) is 10.6. The summed E-state index contributed by atoms with van der Waals surface area (Å²) < 4.78 is 10.7. The number of carbonyl (C=O) groups excluding carboxylic acids is 2. The van der Waals surface area contributed by atoms with Crippen molar-refractivity contribution in [1.29, 1.82) is 0 Å². The smallest absolute Gasteiger partial charge is 0.414 e. The van der Waals surface area contributed by atoms with Crippen LogP contribution in [0.5, 0.6) is 5.75 Å². The van der Waals surface area contributed by atoms with E-state index in [1.54, 1.807) is 12.0 Å². The Bertz CT molecular complexity index is 1200. The molecule has 0 bridgehead atoms. The Morgan fingerprint density at radius 3 is 2.82 bits per heavy atom. The van der Waals surface area contributed by atoms with Gasteiger partial charge in [-0.3, -0.25) is 14.8 Å². The molecule has 33 heavy (non-hydrogen) atoms. The first kappa shape index (κ1) is 21.1. The fraction of sp³-hybridized carbons (Fsp3) is 0.320. The zero-order chi connectivity index (χ0) is 22.9. The van der Waals surface area contributed by atoms with Gasteiger partial charge in [0.15, 0.2) is 0 Å². The number of methoxy groups -OCH3 is 1. The zero-order valence-corrected chi connectivity index (χ0v) is 18.7. The molecule has 2 heterocycles. The van der Waals surface area contributed by atoms with Crippen molar-refractivity contribution in [3.05, 3.63) is 53.6 Å². The van der Waals surface area contributed by atoms with Gasteiger partial charge in [0.25, 0.3) is 0 Å². The van der Waals surface area contributed by atoms with Gasteiger partial charge in [-0.2, -0.15) is 5.10 Å². The number of aromatic nitrogens is 2. The molecule has 1 atom stereocenters. The number of amides is 2. The number of H-pyrrole nitrogens is 1. The highest BCUT2D eigenvalue weighted by Gasteiger charge is 2.33. The normalized spacial score (nSPS) is 17.1. The van der Waals surface area contributed by atoms with Gasteiger partial charge in [-0.15, -0.1) is 0 Å². The molecule has 3 aromatic rings. The first-order chi connectivity index (χ1) is 16.0. The van der Waals surface area contributed by atoms with E-state index in [1.165, 1.54) is 18.1 Å². The Kier molecular flexibility index (Phi) is 5.50. The van der Waals surface area contributed by atoms with Crippen LogP contribution in [0.4, 0.5) is 10.5 Å². The highest BCUT2D eigenvalue weighted by Crippen LogP contribution is 2.38. The van der Waals surface area contributed by atoms with Crippen molar-refractivity contribution in [3.8, 4) is 28.3 Å². The summed E-state index contributed by atoms with van der Waals surface area (Å²) in [5.41, 5.74) is 7.23. The molecule has 2 aliphatic rings. The van der Waals surface area contributed by atoms with E-state index < -0.39 is 6.09 Å². The quantitative estimate of drug-likeness (QED) is 0.623. The molecule has 170 valence electrons. The lowest BCUT2D eigenvalue weighted by molar-refractivity contribution is -0.119. The Morgan fingerprint density at radius 2 is 2.06 bits per heavy atom. The molecule has 1 aliphatic heterocycles. The maximum Gasteiger partial charge on any atom is 0.414 e. The van der Waals surface area contributed by atoms with Gasteiger partial charge in [-0.25, -0.2) is 4.79 Å². The van der Waals surface area contributed by atoms with Crippen molar-refractivity contribution in [2.45, 2.75) is 32.3 Å². The van der Waals surface area contributed by atoms with Gasteiger partial charge >= 0.3 is 6.09 Å². The second-order valence-corrected chi connectivity index (χ2v) is 8.40. The Balaban J connectivity index is 1.46. The number of nitrogens with one attached hydrogen (secondary N) is 2. The number of aromatic amines is 1. The summed E-state index contributed by atoms with van der Waals surface area (Å²) in [4.78, 5) is 25.3. The van der Waals surface area contributed by atoms with Crippen molar-refractivity contribution in [1.82, 2.24) is 15.5 Å². The topological polar surface area (TPSA) is 96.6 Å². The average Bonchev–Trinajstić information content (AvgIpc) is 3.36. The van der Waals surface area contributed by atoms with E-state index in [0.29, 0.717) is 13.1 Å². The van der Waals surface area contributed by atoms with Crippen molar-refractivity contribution >= 4 is 17.7 Å². The van der Waals surface area contributed by atoms with Crippen molar-refractivity contribution in [3.63, 3.8) is 0 Å². The minimum absolute atomic E-state index is 0.144. The number of anilines is 1. The molecule has 2 aromatic carbocycles. The second kappa shape index (κ2) is 8.61. The van der Waals surface area contributed by atoms with Gasteiger partial charge in [0.2, 0.25) is 5.91 Å². The maximum atomic E-state index is 12.5. The molecule has 1 fully saturated rings. The second-order valence-electron chi connectivity index (χ2n) is 8.40. The standard InChI is InChI=1S/C25H26N4O4/c1-15(30)26-13-20-14-29(25(31)33-20)18-9-6-16-4-3-5-21-23(27-28-24(21)22(16)12-18)17-7-10-19(32-2)11-8-17/h6-12,20H,3-5,13-14H2,1-2H3,(H,26,30)(H,27,28). The lowest BCUT2D eigenvalue weighted by Crippen LogP contribution is -2.33. The predicted molar refractivity (Wildman–Crippen MR) is 124 cm³/mol. The van der Waals surface area contributed by atoms with Crippen molar-refractivity contribution in [2.75, 3.05) is 25.1 Å². The molecule has 1 aliphatic carbocycles. The Hall–Kier alpha value is -3.81. The van der Waals surface area contributed by atoms with Crippen LogP contribution in [0.25, 0.3) is 22.5 Å². The van der Waals surface area contributed by atoms with Crippen LogP contribution >= 0.6 is 0 Å². The maximum absolute atomic E-state index is 12.5. The largest absolute Gasteiger partial charge is 0.497 e. The molecule has 1 saturated heterocycles. The number of ether oxygens (including phenoxy) is 2. The van der Waals surface area contributed by atoms with Crippen LogP contribution in [0, 0.1) is 0 Å². The molecule has 5 rings (SSSR count).